The van der Waals surface area contributed by atoms with E-state index in [2.05, 4.69) is 25.5 Å². The molecule has 13 heteroatoms. The van der Waals surface area contributed by atoms with Gasteiger partial charge in [-0.2, -0.15) is 13.8 Å². The summed E-state index contributed by atoms with van der Waals surface area (Å²) in [5.41, 5.74) is 3.32. The summed E-state index contributed by atoms with van der Waals surface area (Å²) in [5.74, 6) is -1.10. The van der Waals surface area contributed by atoms with E-state index < -0.39 is 16.4 Å². The van der Waals surface area contributed by atoms with E-state index in [0.29, 0.717) is 11.2 Å². The Balaban J connectivity index is 1.31. The molecule has 2 aromatic heterocycles. The first kappa shape index (κ1) is 28.6. The van der Waals surface area contributed by atoms with Gasteiger partial charge in [-0.3, -0.25) is 4.79 Å². The third kappa shape index (κ3) is 6.52. The fraction of sp³-hybridized carbons (Fsp3) is 0.138. The monoisotopic (exact) mass is 595 g/mol. The van der Waals surface area contributed by atoms with E-state index in [-0.39, 0.29) is 46.3 Å². The lowest BCUT2D eigenvalue weighted by atomic mass is 10.1. The number of sulfone groups is 1. The van der Waals surface area contributed by atoms with Gasteiger partial charge < -0.3 is 15.4 Å². The SMILES string of the molecule is CCS(=O)(=O)c1ccc(Nc2nc3ccc(-c4ccc(C(=O)NCc5ccc(F)cc5)cc4)cn3n2)c(OC(F)F)c1. The molecule has 1 amide bonds. The van der Waals surface area contributed by atoms with Crippen molar-refractivity contribution in [2.24, 2.45) is 0 Å². The van der Waals surface area contributed by atoms with Crippen molar-refractivity contribution in [1.82, 2.24) is 19.9 Å². The maximum absolute atomic E-state index is 13.1. The second-order valence-corrected chi connectivity index (χ2v) is 11.4. The minimum atomic E-state index is -3.64. The molecule has 5 aromatic rings. The van der Waals surface area contributed by atoms with Crippen molar-refractivity contribution in [2.75, 3.05) is 11.1 Å². The number of benzene rings is 3. The van der Waals surface area contributed by atoms with Gasteiger partial charge in [0.05, 0.1) is 16.3 Å². The van der Waals surface area contributed by atoms with Crippen LogP contribution in [0.1, 0.15) is 22.8 Å². The first-order chi connectivity index (χ1) is 20.1. The van der Waals surface area contributed by atoms with Crippen LogP contribution in [0.5, 0.6) is 5.75 Å². The lowest BCUT2D eigenvalue weighted by molar-refractivity contribution is -0.0495. The van der Waals surface area contributed by atoms with Gasteiger partial charge in [0.1, 0.15) is 5.82 Å². The van der Waals surface area contributed by atoms with Gasteiger partial charge in [0, 0.05) is 29.9 Å². The summed E-state index contributed by atoms with van der Waals surface area (Å²) in [4.78, 5) is 16.7. The van der Waals surface area contributed by atoms with E-state index in [4.69, 9.17) is 0 Å². The standard InChI is InChI=1S/C29H24F3N5O4S/c1-2-42(39,40)23-12-13-24(25(15-23)41-28(31)32)34-29-35-26-14-9-21(17-37(26)36-29)19-5-7-20(8-6-19)27(38)33-16-18-3-10-22(30)11-4-18/h3-15,17,28H,2,16H2,1H3,(H,33,38)(H,34,36). The van der Waals surface area contributed by atoms with Gasteiger partial charge in [-0.25, -0.2) is 17.3 Å². The van der Waals surface area contributed by atoms with Crippen molar-refractivity contribution in [3.8, 4) is 16.9 Å². The number of carbonyl (C=O) groups excluding carboxylic acids is 1. The predicted molar refractivity (Wildman–Crippen MR) is 150 cm³/mol. The number of halogens is 3. The number of ether oxygens (including phenoxy) is 1. The maximum atomic E-state index is 13.1. The normalized spacial score (nSPS) is 11.5. The van der Waals surface area contributed by atoms with Gasteiger partial charge in [0.25, 0.3) is 5.91 Å². The largest absolute Gasteiger partial charge is 0.433 e. The predicted octanol–water partition coefficient (Wildman–Crippen LogP) is 5.60. The van der Waals surface area contributed by atoms with E-state index in [9.17, 15) is 26.4 Å². The molecule has 0 spiro atoms. The second-order valence-electron chi connectivity index (χ2n) is 9.11. The number of hydrogen-bond acceptors (Lipinski definition) is 7. The van der Waals surface area contributed by atoms with Crippen LogP contribution in [-0.2, 0) is 16.4 Å². The number of rotatable bonds is 10. The minimum Gasteiger partial charge on any atom is -0.433 e. The number of fused-ring (bicyclic) bond motifs is 1. The number of anilines is 2. The van der Waals surface area contributed by atoms with Gasteiger partial charge in [-0.15, -0.1) is 5.10 Å². The van der Waals surface area contributed by atoms with Crippen molar-refractivity contribution >= 4 is 33.0 Å². The van der Waals surface area contributed by atoms with Crippen molar-refractivity contribution < 1.29 is 31.1 Å². The number of nitrogens with one attached hydrogen (secondary N) is 2. The number of alkyl halides is 2. The lowest BCUT2D eigenvalue weighted by Gasteiger charge is -2.12. The van der Waals surface area contributed by atoms with Crippen LogP contribution >= 0.6 is 0 Å². The minimum absolute atomic E-state index is 0.0646. The topological polar surface area (TPSA) is 115 Å². The Morgan fingerprint density at radius 1 is 0.976 bits per heavy atom. The molecule has 5 rings (SSSR count). The summed E-state index contributed by atoms with van der Waals surface area (Å²) in [6.07, 6.45) is 1.71. The average molecular weight is 596 g/mol. The van der Waals surface area contributed by atoms with E-state index in [1.165, 1.54) is 35.7 Å². The van der Waals surface area contributed by atoms with Crippen molar-refractivity contribution in [3.05, 3.63) is 102 Å². The molecule has 0 saturated heterocycles. The van der Waals surface area contributed by atoms with Crippen LogP contribution in [0.2, 0.25) is 0 Å². The quantitative estimate of drug-likeness (QED) is 0.216. The third-order valence-corrected chi connectivity index (χ3v) is 8.06. The van der Waals surface area contributed by atoms with Crippen LogP contribution in [0.4, 0.5) is 24.8 Å². The zero-order chi connectivity index (χ0) is 29.9. The number of hydrogen-bond donors (Lipinski definition) is 2. The summed E-state index contributed by atoms with van der Waals surface area (Å²) >= 11 is 0. The van der Waals surface area contributed by atoms with Gasteiger partial charge in [0.15, 0.2) is 21.2 Å². The Morgan fingerprint density at radius 3 is 2.38 bits per heavy atom. The molecule has 0 radical (unpaired) electrons. The molecule has 216 valence electrons. The van der Waals surface area contributed by atoms with Gasteiger partial charge in [0.2, 0.25) is 5.95 Å². The number of nitrogens with zero attached hydrogens (tertiary/aromatic N) is 3. The summed E-state index contributed by atoms with van der Waals surface area (Å²) in [5, 5.41) is 9.96. The molecule has 9 nitrogen and oxygen atoms in total. The number of amides is 1. The van der Waals surface area contributed by atoms with Crippen LogP contribution in [0, 0.1) is 5.82 Å². The molecule has 0 aliphatic rings. The Labute approximate surface area is 238 Å². The summed E-state index contributed by atoms with van der Waals surface area (Å²) < 4.78 is 69.6. The molecule has 0 bridgehead atoms. The Kier molecular flexibility index (Phi) is 8.11. The number of carbonyl (C=O) groups is 1. The van der Waals surface area contributed by atoms with E-state index >= 15 is 0 Å². The highest BCUT2D eigenvalue weighted by atomic mass is 32.2. The first-order valence-electron chi connectivity index (χ1n) is 12.7. The molecule has 0 atom stereocenters. The van der Waals surface area contributed by atoms with Crippen molar-refractivity contribution in [2.45, 2.75) is 25.0 Å². The third-order valence-electron chi connectivity index (χ3n) is 6.33. The summed E-state index contributed by atoms with van der Waals surface area (Å²) in [6, 6.07) is 20.0. The Hall–Kier alpha value is -4.91. The summed E-state index contributed by atoms with van der Waals surface area (Å²) in [7, 11) is -3.64. The van der Waals surface area contributed by atoms with Crippen LogP contribution < -0.4 is 15.4 Å². The molecule has 3 aromatic carbocycles. The first-order valence-corrected chi connectivity index (χ1v) is 14.3. The number of aromatic nitrogens is 3. The Bertz CT molecular complexity index is 1840. The molecule has 42 heavy (non-hydrogen) atoms. The number of pyridine rings is 1. The summed E-state index contributed by atoms with van der Waals surface area (Å²) in [6.45, 7) is -1.46. The van der Waals surface area contributed by atoms with Gasteiger partial charge in [-0.05, 0) is 59.7 Å². The zero-order valence-electron chi connectivity index (χ0n) is 22.1. The smallest absolute Gasteiger partial charge is 0.387 e. The van der Waals surface area contributed by atoms with E-state index in [0.717, 1.165) is 22.8 Å². The molecule has 0 unspecified atom stereocenters. The van der Waals surface area contributed by atoms with Crippen LogP contribution in [0.25, 0.3) is 16.8 Å². The molecule has 0 fully saturated rings. The maximum Gasteiger partial charge on any atom is 0.387 e. The highest BCUT2D eigenvalue weighted by Crippen LogP contribution is 2.32. The van der Waals surface area contributed by atoms with Crippen molar-refractivity contribution in [1.29, 1.82) is 0 Å². The molecular formula is C29H24F3N5O4S. The highest BCUT2D eigenvalue weighted by molar-refractivity contribution is 7.91. The molecule has 2 N–H and O–H groups in total. The van der Waals surface area contributed by atoms with Crippen LogP contribution in [0.15, 0.2) is 90.0 Å². The zero-order valence-corrected chi connectivity index (χ0v) is 22.9. The highest BCUT2D eigenvalue weighted by Gasteiger charge is 2.18. The van der Waals surface area contributed by atoms with Crippen LogP contribution in [-0.4, -0.2) is 41.3 Å². The average Bonchev–Trinajstić information content (AvgIpc) is 3.39. The lowest BCUT2D eigenvalue weighted by Crippen LogP contribution is -2.22. The van der Waals surface area contributed by atoms with Gasteiger partial charge >= 0.3 is 6.61 Å². The molecule has 0 aliphatic heterocycles. The van der Waals surface area contributed by atoms with E-state index in [1.54, 1.807) is 48.7 Å². The molecule has 0 saturated carbocycles. The second kappa shape index (κ2) is 11.9. The van der Waals surface area contributed by atoms with E-state index in [1.807, 2.05) is 6.07 Å². The van der Waals surface area contributed by atoms with Gasteiger partial charge in [-0.1, -0.05) is 31.2 Å². The molecular weight excluding hydrogens is 571 g/mol. The molecule has 0 aliphatic carbocycles. The Morgan fingerprint density at radius 2 is 1.69 bits per heavy atom. The van der Waals surface area contributed by atoms with Crippen LogP contribution in [0.3, 0.4) is 0 Å². The van der Waals surface area contributed by atoms with Crippen molar-refractivity contribution in [3.63, 3.8) is 0 Å². The molecule has 2 heterocycles. The fourth-order valence-corrected chi connectivity index (χ4v) is 4.98. The fourth-order valence-electron chi connectivity index (χ4n) is 4.09.